The van der Waals surface area contributed by atoms with Crippen molar-refractivity contribution in [1.82, 2.24) is 15.1 Å². The molecule has 0 bridgehead atoms. The number of H-pyrrole nitrogens is 1. The zero-order valence-electron chi connectivity index (χ0n) is 11.4. The van der Waals surface area contributed by atoms with Gasteiger partial charge in [0.1, 0.15) is 5.76 Å². The summed E-state index contributed by atoms with van der Waals surface area (Å²) in [5, 5.41) is 6.12. The van der Waals surface area contributed by atoms with Crippen LogP contribution >= 0.6 is 15.9 Å². The molecule has 1 saturated heterocycles. The van der Waals surface area contributed by atoms with Crippen molar-refractivity contribution < 1.29 is 13.6 Å². The van der Waals surface area contributed by atoms with E-state index in [2.05, 4.69) is 26.1 Å². The summed E-state index contributed by atoms with van der Waals surface area (Å²) in [6.45, 7) is 2.97. The molecule has 0 unspecified atom stereocenters. The van der Waals surface area contributed by atoms with Gasteiger partial charge in [0, 0.05) is 25.1 Å². The zero-order chi connectivity index (χ0) is 15.0. The van der Waals surface area contributed by atoms with Gasteiger partial charge in [0.05, 0.1) is 5.56 Å². The van der Waals surface area contributed by atoms with Gasteiger partial charge < -0.3 is 13.7 Å². The minimum absolute atomic E-state index is 0.0381. The minimum Gasteiger partial charge on any atom is -0.454 e. The smallest absolute Gasteiger partial charge is 0.434 e. The first kappa shape index (κ1) is 14.1. The van der Waals surface area contributed by atoms with Gasteiger partial charge in [-0.15, -0.1) is 5.10 Å². The number of nitrogens with zero attached hydrogens (tertiary/aromatic N) is 2. The molecule has 2 aromatic rings. The van der Waals surface area contributed by atoms with Crippen LogP contribution in [-0.2, 0) is 0 Å². The maximum atomic E-state index is 12.4. The lowest BCUT2D eigenvalue weighted by Crippen LogP contribution is -2.38. The molecule has 1 N–H and O–H groups in total. The Bertz CT molecular complexity index is 709. The fourth-order valence-electron chi connectivity index (χ4n) is 2.57. The maximum absolute atomic E-state index is 12.4. The Morgan fingerprint density at radius 3 is 2.67 bits per heavy atom. The molecule has 0 atom stereocenters. The number of piperidine rings is 1. The van der Waals surface area contributed by atoms with E-state index in [1.165, 1.54) is 0 Å². The number of aromatic amines is 1. The van der Waals surface area contributed by atoms with Crippen LogP contribution in [0, 0.1) is 6.92 Å². The van der Waals surface area contributed by atoms with Gasteiger partial charge in [-0.1, -0.05) is 0 Å². The van der Waals surface area contributed by atoms with Crippen LogP contribution in [0.3, 0.4) is 0 Å². The van der Waals surface area contributed by atoms with E-state index < -0.39 is 5.76 Å². The van der Waals surface area contributed by atoms with Crippen molar-refractivity contribution in [1.29, 1.82) is 0 Å². The van der Waals surface area contributed by atoms with E-state index in [4.69, 9.17) is 8.83 Å². The molecule has 0 saturated carbocycles. The second-order valence-electron chi connectivity index (χ2n) is 5.04. The molecule has 0 spiro atoms. The zero-order valence-corrected chi connectivity index (χ0v) is 13.0. The van der Waals surface area contributed by atoms with E-state index in [9.17, 15) is 9.59 Å². The average molecular weight is 356 g/mol. The van der Waals surface area contributed by atoms with Gasteiger partial charge in [0.2, 0.25) is 5.89 Å². The Morgan fingerprint density at radius 1 is 1.43 bits per heavy atom. The van der Waals surface area contributed by atoms with Crippen molar-refractivity contribution in [2.75, 3.05) is 13.1 Å². The predicted octanol–water partition coefficient (Wildman–Crippen LogP) is 2.05. The third-order valence-corrected chi connectivity index (χ3v) is 4.09. The van der Waals surface area contributed by atoms with Gasteiger partial charge in [0.25, 0.3) is 5.91 Å². The number of furan rings is 1. The topological polar surface area (TPSA) is 92.3 Å². The summed E-state index contributed by atoms with van der Waals surface area (Å²) in [5.41, 5.74) is 0.576. The Hall–Kier alpha value is -1.83. The van der Waals surface area contributed by atoms with E-state index in [-0.39, 0.29) is 11.8 Å². The molecule has 8 heteroatoms. The number of aromatic nitrogens is 2. The number of likely N-dealkylation sites (tertiary alicyclic amines) is 1. The van der Waals surface area contributed by atoms with E-state index in [0.29, 0.717) is 35.0 Å². The van der Waals surface area contributed by atoms with Gasteiger partial charge in [-0.05, 0) is 35.7 Å². The van der Waals surface area contributed by atoms with Crippen LogP contribution in [0.25, 0.3) is 0 Å². The first-order valence-corrected chi connectivity index (χ1v) is 7.44. The number of amides is 1. The molecule has 2 aromatic heterocycles. The summed E-state index contributed by atoms with van der Waals surface area (Å²) < 4.78 is 10.9. The lowest BCUT2D eigenvalue weighted by Gasteiger charge is -2.30. The van der Waals surface area contributed by atoms with Gasteiger partial charge in [-0.2, -0.15) is 0 Å². The summed E-state index contributed by atoms with van der Waals surface area (Å²) in [5.74, 6) is 0.526. The van der Waals surface area contributed by atoms with Crippen LogP contribution in [0.2, 0.25) is 0 Å². The first-order valence-electron chi connectivity index (χ1n) is 6.65. The Kier molecular flexibility index (Phi) is 3.71. The van der Waals surface area contributed by atoms with Crippen molar-refractivity contribution in [3.63, 3.8) is 0 Å². The second-order valence-corrected chi connectivity index (χ2v) is 5.82. The molecule has 21 heavy (non-hydrogen) atoms. The fraction of sp³-hybridized carbons (Fsp3) is 0.462. The molecule has 3 heterocycles. The highest BCUT2D eigenvalue weighted by atomic mass is 79.9. The quantitative estimate of drug-likeness (QED) is 0.889. The Balaban J connectivity index is 1.67. The number of carbonyl (C=O) groups is 1. The summed E-state index contributed by atoms with van der Waals surface area (Å²) in [4.78, 5) is 25.2. The average Bonchev–Trinajstić information content (AvgIpc) is 3.04. The van der Waals surface area contributed by atoms with Gasteiger partial charge in [0.15, 0.2) is 4.67 Å². The first-order chi connectivity index (χ1) is 10.0. The van der Waals surface area contributed by atoms with Gasteiger partial charge in [-0.3, -0.25) is 4.79 Å². The van der Waals surface area contributed by atoms with Crippen molar-refractivity contribution in [2.24, 2.45) is 0 Å². The van der Waals surface area contributed by atoms with Gasteiger partial charge >= 0.3 is 5.76 Å². The molecule has 1 amide bonds. The van der Waals surface area contributed by atoms with E-state index in [0.717, 1.165) is 12.8 Å². The molecule has 0 aromatic carbocycles. The highest BCUT2D eigenvalue weighted by Gasteiger charge is 2.28. The number of hydrogen-bond acceptors (Lipinski definition) is 5. The molecule has 1 aliphatic heterocycles. The van der Waals surface area contributed by atoms with Crippen LogP contribution in [0.15, 0.2) is 24.4 Å². The number of halogens is 1. The molecule has 0 aliphatic carbocycles. The number of nitrogens with one attached hydrogen (secondary N) is 1. The third kappa shape index (κ3) is 2.80. The largest absolute Gasteiger partial charge is 0.454 e. The number of carbonyl (C=O) groups excluding carboxylic acids is 1. The predicted molar refractivity (Wildman–Crippen MR) is 76.1 cm³/mol. The standard InChI is InChI=1S/C13H14BrN3O4/c1-7-9(6-10(14)20-7)12(18)17-4-2-8(3-5-17)11-15-16-13(19)21-11/h6,8H,2-5H2,1H3,(H,16,19). The molecule has 0 radical (unpaired) electrons. The molecule has 1 aliphatic rings. The summed E-state index contributed by atoms with van der Waals surface area (Å²) >= 11 is 3.23. The summed E-state index contributed by atoms with van der Waals surface area (Å²) in [7, 11) is 0. The normalized spacial score (nSPS) is 16.4. The Labute approximate surface area is 128 Å². The molecule has 3 rings (SSSR count). The highest BCUT2D eigenvalue weighted by molar-refractivity contribution is 9.10. The molecular formula is C13H14BrN3O4. The van der Waals surface area contributed by atoms with Crippen molar-refractivity contribution in [3.8, 4) is 0 Å². The summed E-state index contributed by atoms with van der Waals surface area (Å²) in [6, 6.07) is 1.69. The second kappa shape index (κ2) is 5.51. The molecule has 112 valence electrons. The number of hydrogen-bond donors (Lipinski definition) is 1. The lowest BCUT2D eigenvalue weighted by atomic mass is 9.96. The monoisotopic (exact) mass is 355 g/mol. The highest BCUT2D eigenvalue weighted by Crippen LogP contribution is 2.28. The molecular weight excluding hydrogens is 342 g/mol. The van der Waals surface area contributed by atoms with Crippen LogP contribution in [0.1, 0.15) is 40.8 Å². The fourth-order valence-corrected chi connectivity index (χ4v) is 3.05. The molecule has 1 fully saturated rings. The van der Waals surface area contributed by atoms with Crippen LogP contribution in [0.4, 0.5) is 0 Å². The lowest BCUT2D eigenvalue weighted by molar-refractivity contribution is 0.0704. The number of aryl methyl sites for hydroxylation is 1. The van der Waals surface area contributed by atoms with Crippen molar-refractivity contribution in [2.45, 2.75) is 25.7 Å². The van der Waals surface area contributed by atoms with Crippen LogP contribution in [-0.4, -0.2) is 34.1 Å². The van der Waals surface area contributed by atoms with Crippen LogP contribution in [0.5, 0.6) is 0 Å². The van der Waals surface area contributed by atoms with Crippen molar-refractivity contribution >= 4 is 21.8 Å². The van der Waals surface area contributed by atoms with E-state index >= 15 is 0 Å². The minimum atomic E-state index is -0.539. The SMILES string of the molecule is Cc1oc(Br)cc1C(=O)N1CCC(c2n[nH]c(=O)o2)CC1. The van der Waals surface area contributed by atoms with E-state index in [1.54, 1.807) is 17.9 Å². The van der Waals surface area contributed by atoms with Crippen LogP contribution < -0.4 is 5.76 Å². The molecule has 7 nitrogen and oxygen atoms in total. The van der Waals surface area contributed by atoms with Crippen molar-refractivity contribution in [3.05, 3.63) is 38.5 Å². The number of rotatable bonds is 2. The summed E-state index contributed by atoms with van der Waals surface area (Å²) in [6.07, 6.45) is 1.44. The van der Waals surface area contributed by atoms with Gasteiger partial charge in [-0.25, -0.2) is 9.89 Å². The maximum Gasteiger partial charge on any atom is 0.434 e. The third-order valence-electron chi connectivity index (χ3n) is 3.70. The van der Waals surface area contributed by atoms with E-state index in [1.807, 2.05) is 0 Å². The Morgan fingerprint density at radius 2 is 2.14 bits per heavy atom.